The van der Waals surface area contributed by atoms with E-state index in [2.05, 4.69) is 32.3 Å². The number of halogens is 1. The lowest BCUT2D eigenvalue weighted by Gasteiger charge is -2.13. The molecule has 0 unspecified atom stereocenters. The van der Waals surface area contributed by atoms with Gasteiger partial charge in [-0.1, -0.05) is 28.7 Å². The molecule has 0 saturated heterocycles. The summed E-state index contributed by atoms with van der Waals surface area (Å²) in [6, 6.07) is 0. The minimum absolute atomic E-state index is 0.121. The summed E-state index contributed by atoms with van der Waals surface area (Å²) in [7, 11) is -3.45. The van der Waals surface area contributed by atoms with Crippen LogP contribution in [0.2, 0.25) is 0 Å². The van der Waals surface area contributed by atoms with Gasteiger partial charge in [-0.3, -0.25) is 4.99 Å². The van der Waals surface area contributed by atoms with Gasteiger partial charge in [-0.2, -0.15) is 0 Å². The van der Waals surface area contributed by atoms with Crippen LogP contribution in [0.25, 0.3) is 0 Å². The van der Waals surface area contributed by atoms with E-state index in [0.29, 0.717) is 19.5 Å². The summed E-state index contributed by atoms with van der Waals surface area (Å²) in [5, 5.41) is 9.43. The average Bonchev–Trinajstić information content (AvgIpc) is 2.35. The summed E-state index contributed by atoms with van der Waals surface area (Å²) in [6.07, 6.45) is 5.27. The SMILES string of the molecule is C[C@@H](O)[C@H](I)CCCNS(=O)(=O)C1=NCCC=C1. The molecule has 0 aromatic heterocycles. The van der Waals surface area contributed by atoms with Crippen LogP contribution in [0.1, 0.15) is 26.2 Å². The van der Waals surface area contributed by atoms with E-state index in [9.17, 15) is 13.5 Å². The van der Waals surface area contributed by atoms with Crippen LogP contribution >= 0.6 is 22.6 Å². The van der Waals surface area contributed by atoms with Crippen molar-refractivity contribution in [2.75, 3.05) is 13.1 Å². The van der Waals surface area contributed by atoms with Gasteiger partial charge in [0.1, 0.15) is 0 Å². The number of dihydropyridines is 1. The van der Waals surface area contributed by atoms with Crippen molar-refractivity contribution in [2.24, 2.45) is 4.99 Å². The summed E-state index contributed by atoms with van der Waals surface area (Å²) >= 11 is 2.17. The Morgan fingerprint density at radius 1 is 1.61 bits per heavy atom. The van der Waals surface area contributed by atoms with Crippen LogP contribution in [-0.2, 0) is 10.0 Å². The van der Waals surface area contributed by atoms with E-state index >= 15 is 0 Å². The minimum Gasteiger partial charge on any atom is -0.392 e. The average molecular weight is 386 g/mol. The van der Waals surface area contributed by atoms with E-state index in [4.69, 9.17) is 0 Å². The Morgan fingerprint density at radius 3 is 2.89 bits per heavy atom. The van der Waals surface area contributed by atoms with Crippen molar-refractivity contribution in [3.63, 3.8) is 0 Å². The second-order valence-electron chi connectivity index (χ2n) is 4.21. The third kappa shape index (κ3) is 5.33. The zero-order valence-electron chi connectivity index (χ0n) is 10.3. The Labute approximate surface area is 122 Å². The maximum Gasteiger partial charge on any atom is 0.257 e. The summed E-state index contributed by atoms with van der Waals surface area (Å²) in [5.74, 6) is 0. The van der Waals surface area contributed by atoms with Crippen molar-refractivity contribution in [1.82, 2.24) is 4.72 Å². The molecule has 0 amide bonds. The first-order chi connectivity index (χ1) is 8.43. The summed E-state index contributed by atoms with van der Waals surface area (Å²) in [4.78, 5) is 3.98. The molecule has 0 aromatic carbocycles. The van der Waals surface area contributed by atoms with Crippen molar-refractivity contribution in [2.45, 2.75) is 36.2 Å². The fourth-order valence-electron chi connectivity index (χ4n) is 1.48. The number of sulfonamides is 1. The number of rotatable bonds is 6. The number of aliphatic imine (C=N–C) groups is 1. The minimum atomic E-state index is -3.45. The van der Waals surface area contributed by atoms with Gasteiger partial charge < -0.3 is 5.11 Å². The van der Waals surface area contributed by atoms with Crippen molar-refractivity contribution in [3.05, 3.63) is 12.2 Å². The van der Waals surface area contributed by atoms with E-state index in [1.165, 1.54) is 0 Å². The van der Waals surface area contributed by atoms with E-state index in [-0.39, 0.29) is 15.1 Å². The molecule has 0 aliphatic carbocycles. The van der Waals surface area contributed by atoms with Gasteiger partial charge >= 0.3 is 0 Å². The second kappa shape index (κ2) is 7.56. The molecule has 2 N–H and O–H groups in total. The lowest BCUT2D eigenvalue weighted by Crippen LogP contribution is -2.32. The maximum atomic E-state index is 11.8. The quantitative estimate of drug-likeness (QED) is 0.410. The molecule has 0 saturated carbocycles. The molecule has 18 heavy (non-hydrogen) atoms. The maximum absolute atomic E-state index is 11.8. The standard InChI is InChI=1S/C11H19IN2O3S/c1-9(15)10(12)5-4-8-14-18(16,17)11-6-2-3-7-13-11/h2,6,9-10,14-15H,3-5,7-8H2,1H3/t9-,10-/m1/s1. The van der Waals surface area contributed by atoms with Gasteiger partial charge in [0, 0.05) is 17.0 Å². The predicted octanol–water partition coefficient (Wildman–Crippen LogP) is 1.23. The smallest absolute Gasteiger partial charge is 0.257 e. The summed E-state index contributed by atoms with van der Waals surface area (Å²) in [5.41, 5.74) is 0. The third-order valence-electron chi connectivity index (χ3n) is 2.57. The van der Waals surface area contributed by atoms with E-state index in [1.54, 1.807) is 13.0 Å². The van der Waals surface area contributed by atoms with Crippen LogP contribution in [0.3, 0.4) is 0 Å². The van der Waals surface area contributed by atoms with Crippen molar-refractivity contribution in [1.29, 1.82) is 0 Å². The topological polar surface area (TPSA) is 78.8 Å². The fraction of sp³-hybridized carbons (Fsp3) is 0.727. The molecule has 1 aliphatic heterocycles. The molecular formula is C11H19IN2O3S. The van der Waals surface area contributed by atoms with Gasteiger partial charge in [0.05, 0.1) is 6.10 Å². The first-order valence-corrected chi connectivity index (χ1v) is 8.69. The highest BCUT2D eigenvalue weighted by Gasteiger charge is 2.18. The predicted molar refractivity (Wildman–Crippen MR) is 81.7 cm³/mol. The van der Waals surface area contributed by atoms with Crippen LogP contribution in [0.5, 0.6) is 0 Å². The van der Waals surface area contributed by atoms with Crippen LogP contribution in [0, 0.1) is 0 Å². The molecule has 1 aliphatic rings. The zero-order valence-corrected chi connectivity index (χ0v) is 13.3. The number of aliphatic hydroxyl groups is 1. The Balaban J connectivity index is 2.34. The number of hydrogen-bond acceptors (Lipinski definition) is 4. The Morgan fingerprint density at radius 2 is 2.33 bits per heavy atom. The van der Waals surface area contributed by atoms with Crippen molar-refractivity contribution < 1.29 is 13.5 Å². The Hall–Kier alpha value is 0.01000. The number of aliphatic hydroxyl groups excluding tert-OH is 1. The van der Waals surface area contributed by atoms with Gasteiger partial charge in [-0.25, -0.2) is 13.1 Å². The Kier molecular flexibility index (Phi) is 6.75. The van der Waals surface area contributed by atoms with E-state index in [0.717, 1.165) is 12.8 Å². The molecule has 0 fully saturated rings. The van der Waals surface area contributed by atoms with Gasteiger partial charge in [-0.05, 0) is 32.3 Å². The van der Waals surface area contributed by atoms with Crippen LogP contribution in [0.15, 0.2) is 17.1 Å². The molecule has 0 aromatic rings. The van der Waals surface area contributed by atoms with Crippen molar-refractivity contribution >= 4 is 37.7 Å². The molecular weight excluding hydrogens is 367 g/mol. The molecule has 5 nitrogen and oxygen atoms in total. The third-order valence-corrected chi connectivity index (χ3v) is 5.63. The lowest BCUT2D eigenvalue weighted by atomic mass is 10.2. The zero-order chi connectivity index (χ0) is 13.6. The number of alkyl halides is 1. The highest BCUT2D eigenvalue weighted by atomic mass is 127. The normalized spacial score (nSPS) is 19.4. The first-order valence-electron chi connectivity index (χ1n) is 5.96. The van der Waals surface area contributed by atoms with E-state index in [1.807, 2.05) is 6.08 Å². The fourth-order valence-corrected chi connectivity index (χ4v) is 3.02. The summed E-state index contributed by atoms with van der Waals surface area (Å²) in [6.45, 7) is 2.65. The van der Waals surface area contributed by atoms with Gasteiger partial charge in [-0.15, -0.1) is 0 Å². The molecule has 1 rings (SSSR count). The molecule has 7 heteroatoms. The molecule has 1 heterocycles. The van der Waals surface area contributed by atoms with Crippen LogP contribution < -0.4 is 4.72 Å². The number of nitrogens with zero attached hydrogens (tertiary/aromatic N) is 1. The van der Waals surface area contributed by atoms with Gasteiger partial charge in [0.2, 0.25) is 0 Å². The number of hydrogen-bond donors (Lipinski definition) is 2. The van der Waals surface area contributed by atoms with E-state index < -0.39 is 10.0 Å². The summed E-state index contributed by atoms with van der Waals surface area (Å²) < 4.78 is 26.3. The largest absolute Gasteiger partial charge is 0.392 e. The second-order valence-corrected chi connectivity index (χ2v) is 7.52. The number of nitrogens with one attached hydrogen (secondary N) is 1. The molecule has 2 atom stereocenters. The monoisotopic (exact) mass is 386 g/mol. The lowest BCUT2D eigenvalue weighted by molar-refractivity contribution is 0.192. The van der Waals surface area contributed by atoms with Crippen molar-refractivity contribution in [3.8, 4) is 0 Å². The first kappa shape index (κ1) is 16.1. The van der Waals surface area contributed by atoms with Crippen LogP contribution in [-0.4, -0.2) is 41.7 Å². The van der Waals surface area contributed by atoms with Gasteiger partial charge in [0.15, 0.2) is 5.04 Å². The molecule has 0 radical (unpaired) electrons. The molecule has 0 bridgehead atoms. The van der Waals surface area contributed by atoms with Gasteiger partial charge in [0.25, 0.3) is 10.0 Å². The highest BCUT2D eigenvalue weighted by molar-refractivity contribution is 14.1. The highest BCUT2D eigenvalue weighted by Crippen LogP contribution is 2.12. The molecule has 104 valence electrons. The van der Waals surface area contributed by atoms with Crippen LogP contribution in [0.4, 0.5) is 0 Å². The molecule has 0 spiro atoms. The Bertz CT molecular complexity index is 418.